The first-order valence-electron chi connectivity index (χ1n) is 11.4. The van der Waals surface area contributed by atoms with E-state index in [1.807, 2.05) is 24.3 Å². The van der Waals surface area contributed by atoms with E-state index in [0.29, 0.717) is 13.2 Å². The van der Waals surface area contributed by atoms with Crippen LogP contribution in [-0.4, -0.2) is 36.6 Å². The molecule has 0 unspecified atom stereocenters. The van der Waals surface area contributed by atoms with Crippen molar-refractivity contribution in [3.63, 3.8) is 0 Å². The SMILES string of the molecule is CCCCCCC(CCC)(c1ccc(OCCO)cc1)c1ccc(OCCO)cc1. The molecule has 4 heteroatoms. The fourth-order valence-corrected chi connectivity index (χ4v) is 4.22. The average molecular weight is 415 g/mol. The molecule has 0 atom stereocenters. The molecule has 0 aromatic heterocycles. The molecule has 0 spiro atoms. The van der Waals surface area contributed by atoms with Crippen LogP contribution in [0.4, 0.5) is 0 Å². The molecule has 0 heterocycles. The summed E-state index contributed by atoms with van der Waals surface area (Å²) in [6.45, 7) is 5.15. The Morgan fingerprint density at radius 3 is 1.53 bits per heavy atom. The Kier molecular flexibility index (Phi) is 10.7. The molecule has 166 valence electrons. The van der Waals surface area contributed by atoms with Crippen LogP contribution < -0.4 is 9.47 Å². The Hall–Kier alpha value is -2.04. The molecule has 0 aliphatic rings. The maximum atomic E-state index is 9.00. The minimum Gasteiger partial charge on any atom is -0.491 e. The number of aliphatic hydroxyl groups is 2. The largest absolute Gasteiger partial charge is 0.491 e. The third kappa shape index (κ3) is 6.75. The fourth-order valence-electron chi connectivity index (χ4n) is 4.22. The Balaban J connectivity index is 2.36. The van der Waals surface area contributed by atoms with Gasteiger partial charge in [0.1, 0.15) is 24.7 Å². The van der Waals surface area contributed by atoms with Crippen molar-refractivity contribution in [1.82, 2.24) is 0 Å². The maximum absolute atomic E-state index is 9.00. The first-order valence-corrected chi connectivity index (χ1v) is 11.4. The normalized spacial score (nSPS) is 11.5. The molecule has 2 aromatic carbocycles. The maximum Gasteiger partial charge on any atom is 0.119 e. The van der Waals surface area contributed by atoms with Crippen LogP contribution in [0.2, 0.25) is 0 Å². The lowest BCUT2D eigenvalue weighted by Crippen LogP contribution is -2.28. The number of hydrogen-bond donors (Lipinski definition) is 2. The van der Waals surface area contributed by atoms with Gasteiger partial charge in [0.25, 0.3) is 0 Å². The van der Waals surface area contributed by atoms with Crippen LogP contribution in [0.25, 0.3) is 0 Å². The minimum absolute atomic E-state index is 0.0175. The zero-order valence-electron chi connectivity index (χ0n) is 18.6. The Morgan fingerprint density at radius 1 is 0.633 bits per heavy atom. The second-order valence-corrected chi connectivity index (χ2v) is 7.84. The predicted molar refractivity (Wildman–Crippen MR) is 122 cm³/mol. The molecule has 0 fully saturated rings. The van der Waals surface area contributed by atoms with Crippen molar-refractivity contribution in [2.75, 3.05) is 26.4 Å². The first-order chi connectivity index (χ1) is 14.7. The molecule has 2 aromatic rings. The molecule has 4 nitrogen and oxygen atoms in total. The van der Waals surface area contributed by atoms with Gasteiger partial charge in [-0.05, 0) is 48.2 Å². The summed E-state index contributed by atoms with van der Waals surface area (Å²) in [5.74, 6) is 1.58. The van der Waals surface area contributed by atoms with Gasteiger partial charge in [-0.2, -0.15) is 0 Å². The summed E-state index contributed by atoms with van der Waals surface area (Å²) in [6.07, 6.45) is 8.22. The van der Waals surface area contributed by atoms with Gasteiger partial charge in [-0.25, -0.2) is 0 Å². The molecule has 0 aliphatic carbocycles. The lowest BCUT2D eigenvalue weighted by Gasteiger charge is -2.36. The topological polar surface area (TPSA) is 58.9 Å². The Morgan fingerprint density at radius 2 is 1.13 bits per heavy atom. The molecule has 2 rings (SSSR count). The van der Waals surface area contributed by atoms with Gasteiger partial charge in [-0.1, -0.05) is 70.2 Å². The lowest BCUT2D eigenvalue weighted by molar-refractivity contribution is 0.201. The van der Waals surface area contributed by atoms with Gasteiger partial charge in [0.15, 0.2) is 0 Å². The second kappa shape index (κ2) is 13.3. The van der Waals surface area contributed by atoms with Gasteiger partial charge in [-0.3, -0.25) is 0 Å². The highest BCUT2D eigenvalue weighted by atomic mass is 16.5. The van der Waals surface area contributed by atoms with Crippen molar-refractivity contribution in [2.24, 2.45) is 0 Å². The van der Waals surface area contributed by atoms with Crippen molar-refractivity contribution in [2.45, 2.75) is 64.2 Å². The number of aliphatic hydroxyl groups excluding tert-OH is 2. The van der Waals surface area contributed by atoms with E-state index < -0.39 is 0 Å². The summed E-state index contributed by atoms with van der Waals surface area (Å²) >= 11 is 0. The van der Waals surface area contributed by atoms with Gasteiger partial charge in [0.05, 0.1) is 13.2 Å². The Labute approximate surface area is 181 Å². The molecule has 30 heavy (non-hydrogen) atoms. The lowest BCUT2D eigenvalue weighted by atomic mass is 9.68. The highest BCUT2D eigenvalue weighted by Crippen LogP contribution is 2.42. The van der Waals surface area contributed by atoms with E-state index in [-0.39, 0.29) is 18.6 Å². The smallest absolute Gasteiger partial charge is 0.119 e. The molecule has 0 bridgehead atoms. The predicted octanol–water partition coefficient (Wildman–Crippen LogP) is 5.49. The van der Waals surface area contributed by atoms with E-state index in [0.717, 1.165) is 30.8 Å². The molecule has 0 radical (unpaired) electrons. The zero-order chi connectivity index (χ0) is 21.7. The molecule has 0 saturated heterocycles. The summed E-state index contributed by atoms with van der Waals surface area (Å²) < 4.78 is 11.1. The van der Waals surface area contributed by atoms with Gasteiger partial charge in [0, 0.05) is 5.41 Å². The molecule has 0 saturated carbocycles. The van der Waals surface area contributed by atoms with Crippen LogP contribution in [0.3, 0.4) is 0 Å². The quantitative estimate of drug-likeness (QED) is 0.379. The third-order valence-electron chi connectivity index (χ3n) is 5.67. The van der Waals surface area contributed by atoms with Gasteiger partial charge in [-0.15, -0.1) is 0 Å². The fraction of sp³-hybridized carbons (Fsp3) is 0.538. The van der Waals surface area contributed by atoms with E-state index in [1.54, 1.807) is 0 Å². The van der Waals surface area contributed by atoms with Gasteiger partial charge < -0.3 is 19.7 Å². The summed E-state index contributed by atoms with van der Waals surface area (Å²) in [6, 6.07) is 16.8. The van der Waals surface area contributed by atoms with Gasteiger partial charge >= 0.3 is 0 Å². The van der Waals surface area contributed by atoms with Crippen LogP contribution in [0.1, 0.15) is 69.9 Å². The first kappa shape index (κ1) is 24.2. The van der Waals surface area contributed by atoms with E-state index >= 15 is 0 Å². The summed E-state index contributed by atoms with van der Waals surface area (Å²) in [7, 11) is 0. The van der Waals surface area contributed by atoms with E-state index in [2.05, 4.69) is 38.1 Å². The summed E-state index contributed by atoms with van der Waals surface area (Å²) in [4.78, 5) is 0. The van der Waals surface area contributed by atoms with Crippen LogP contribution >= 0.6 is 0 Å². The van der Waals surface area contributed by atoms with Gasteiger partial charge in [0.2, 0.25) is 0 Å². The van der Waals surface area contributed by atoms with E-state index in [9.17, 15) is 0 Å². The Bertz CT molecular complexity index is 642. The molecule has 0 amide bonds. The number of unbranched alkanes of at least 4 members (excludes halogenated alkanes) is 3. The summed E-state index contributed by atoms with van der Waals surface area (Å²) in [5, 5.41) is 18.0. The molecule has 2 N–H and O–H groups in total. The highest BCUT2D eigenvalue weighted by molar-refractivity contribution is 5.43. The number of benzene rings is 2. The van der Waals surface area contributed by atoms with E-state index in [1.165, 1.54) is 36.8 Å². The minimum atomic E-state index is -0.0481. The standard InChI is InChI=1S/C26H38O4/c1-3-5-6-7-17-26(16-4-2,22-8-12-24(13-9-22)29-20-18-27)23-10-14-25(15-11-23)30-21-19-28/h8-15,27-28H,3-7,16-21H2,1-2H3. The second-order valence-electron chi connectivity index (χ2n) is 7.84. The van der Waals surface area contributed by atoms with Crippen LogP contribution in [0, 0.1) is 0 Å². The highest BCUT2D eigenvalue weighted by Gasteiger charge is 2.33. The summed E-state index contributed by atoms with van der Waals surface area (Å²) in [5.41, 5.74) is 2.57. The monoisotopic (exact) mass is 414 g/mol. The van der Waals surface area contributed by atoms with Crippen molar-refractivity contribution >= 4 is 0 Å². The van der Waals surface area contributed by atoms with Crippen molar-refractivity contribution in [3.8, 4) is 11.5 Å². The average Bonchev–Trinajstić information content (AvgIpc) is 2.79. The molecular weight excluding hydrogens is 376 g/mol. The van der Waals surface area contributed by atoms with Crippen molar-refractivity contribution in [3.05, 3.63) is 59.7 Å². The third-order valence-corrected chi connectivity index (χ3v) is 5.67. The van der Waals surface area contributed by atoms with Crippen LogP contribution in [0.15, 0.2) is 48.5 Å². The van der Waals surface area contributed by atoms with Crippen molar-refractivity contribution in [1.29, 1.82) is 0 Å². The number of hydrogen-bond acceptors (Lipinski definition) is 4. The zero-order valence-corrected chi connectivity index (χ0v) is 18.6. The van der Waals surface area contributed by atoms with Crippen molar-refractivity contribution < 1.29 is 19.7 Å². The van der Waals surface area contributed by atoms with E-state index in [4.69, 9.17) is 19.7 Å². The molecular formula is C26H38O4. The number of rotatable bonds is 15. The van der Waals surface area contributed by atoms with Crippen LogP contribution in [-0.2, 0) is 5.41 Å². The molecule has 0 aliphatic heterocycles. The van der Waals surface area contributed by atoms with Crippen LogP contribution in [0.5, 0.6) is 11.5 Å². The number of ether oxygens (including phenoxy) is 2.